The van der Waals surface area contributed by atoms with E-state index in [0.29, 0.717) is 24.9 Å². The molecular weight excluding hydrogens is 496 g/mol. The molecule has 0 atom stereocenters. The van der Waals surface area contributed by atoms with Crippen LogP contribution in [0.2, 0.25) is 0 Å². The number of benzene rings is 3. The summed E-state index contributed by atoms with van der Waals surface area (Å²) in [4.78, 5) is 18.6. The van der Waals surface area contributed by atoms with Crippen molar-refractivity contribution < 1.29 is 9.47 Å². The third-order valence-electron chi connectivity index (χ3n) is 7.43. The van der Waals surface area contributed by atoms with E-state index in [1.54, 1.807) is 0 Å². The van der Waals surface area contributed by atoms with Crippen molar-refractivity contribution in [2.75, 3.05) is 13.1 Å². The summed E-state index contributed by atoms with van der Waals surface area (Å²) in [5, 5.41) is 4.65. The van der Waals surface area contributed by atoms with Gasteiger partial charge < -0.3 is 9.47 Å². The maximum atomic E-state index is 6.00. The Labute approximate surface area is 233 Å². The van der Waals surface area contributed by atoms with Crippen LogP contribution in [-0.2, 0) is 9.47 Å². The highest BCUT2D eigenvalue weighted by Crippen LogP contribution is 2.43. The zero-order valence-electron chi connectivity index (χ0n) is 23.1. The van der Waals surface area contributed by atoms with Gasteiger partial charge in [0.1, 0.15) is 22.6 Å². The number of aromatic nitrogens is 2. The lowest BCUT2D eigenvalue weighted by molar-refractivity contribution is 0.130. The van der Waals surface area contributed by atoms with Crippen molar-refractivity contribution in [3.05, 3.63) is 96.6 Å². The van der Waals surface area contributed by atoms with Crippen LogP contribution < -0.4 is 0 Å². The largest absolute Gasteiger partial charge is 0.468 e. The highest BCUT2D eigenvalue weighted by Gasteiger charge is 2.30. The highest BCUT2D eigenvalue weighted by molar-refractivity contribution is 6.21. The average Bonchev–Trinajstić information content (AvgIpc) is 3.52. The summed E-state index contributed by atoms with van der Waals surface area (Å²) in [6.07, 6.45) is 3.86. The van der Waals surface area contributed by atoms with Crippen molar-refractivity contribution in [1.82, 2.24) is 9.97 Å². The lowest BCUT2D eigenvalue weighted by Crippen LogP contribution is -2.24. The summed E-state index contributed by atoms with van der Waals surface area (Å²) in [7, 11) is 0. The summed E-state index contributed by atoms with van der Waals surface area (Å²) < 4.78 is 12.0. The molecule has 3 aromatic carbocycles. The monoisotopic (exact) mass is 526 g/mol. The molecule has 0 amide bonds. The van der Waals surface area contributed by atoms with E-state index < -0.39 is 0 Å². The first-order valence-electron chi connectivity index (χ1n) is 13.6. The highest BCUT2D eigenvalue weighted by atomic mass is 16.5. The van der Waals surface area contributed by atoms with Crippen molar-refractivity contribution in [3.63, 3.8) is 0 Å². The number of nitrogens with zero attached hydrogens (tertiary/aromatic N) is 4. The van der Waals surface area contributed by atoms with Crippen molar-refractivity contribution in [2.24, 2.45) is 9.98 Å². The molecule has 198 valence electrons. The second-order valence-electron chi connectivity index (χ2n) is 11.7. The van der Waals surface area contributed by atoms with Gasteiger partial charge >= 0.3 is 0 Å². The Kier molecular flexibility index (Phi) is 5.49. The van der Waals surface area contributed by atoms with Gasteiger partial charge in [0.2, 0.25) is 11.8 Å². The van der Waals surface area contributed by atoms with Crippen LogP contribution >= 0.6 is 0 Å². The Morgan fingerprint density at radius 3 is 1.18 bits per heavy atom. The molecule has 6 nitrogen and oxygen atoms in total. The molecule has 6 heteroatoms. The standard InChI is InChI=1S/C34H30N4O2/c1-33(2)19-37-31(39-33)27-15-13-21(17-35-27)29-23-9-5-7-11-25(23)30(26-12-8-6-10-24(26)29)22-14-16-28(36-18-22)32-38-20-34(3,4)40-32/h5-18H,19-20H2,1-4H3. The third-order valence-corrected chi connectivity index (χ3v) is 7.43. The normalized spacial score (nSPS) is 17.4. The summed E-state index contributed by atoms with van der Waals surface area (Å²) in [6, 6.07) is 25.4. The van der Waals surface area contributed by atoms with E-state index in [1.165, 1.54) is 0 Å². The fraction of sp³-hybridized carbons (Fsp3) is 0.235. The van der Waals surface area contributed by atoms with Crippen LogP contribution in [0.1, 0.15) is 39.1 Å². The molecule has 40 heavy (non-hydrogen) atoms. The Morgan fingerprint density at radius 1 is 0.525 bits per heavy atom. The maximum absolute atomic E-state index is 6.00. The minimum atomic E-state index is -0.293. The van der Waals surface area contributed by atoms with Gasteiger partial charge in [0.25, 0.3) is 0 Å². The predicted molar refractivity (Wildman–Crippen MR) is 161 cm³/mol. The molecule has 0 fully saturated rings. The fourth-order valence-corrected chi connectivity index (χ4v) is 5.53. The van der Waals surface area contributed by atoms with Crippen LogP contribution in [0.3, 0.4) is 0 Å². The first-order chi connectivity index (χ1) is 19.3. The molecule has 0 aliphatic carbocycles. The second kappa shape index (κ2) is 8.98. The molecule has 0 saturated carbocycles. The van der Waals surface area contributed by atoms with E-state index in [4.69, 9.17) is 19.4 Å². The Bertz CT molecular complexity index is 1640. The lowest BCUT2D eigenvalue weighted by Gasteiger charge is -2.18. The van der Waals surface area contributed by atoms with Crippen molar-refractivity contribution >= 4 is 33.3 Å². The molecule has 0 unspecified atom stereocenters. The van der Waals surface area contributed by atoms with Crippen molar-refractivity contribution in [3.8, 4) is 22.3 Å². The molecular formula is C34H30N4O2. The second-order valence-corrected chi connectivity index (χ2v) is 11.7. The summed E-state index contributed by atoms with van der Waals surface area (Å²) in [5.41, 5.74) is 5.34. The zero-order chi connectivity index (χ0) is 27.5. The summed E-state index contributed by atoms with van der Waals surface area (Å²) >= 11 is 0. The molecule has 0 bridgehead atoms. The van der Waals surface area contributed by atoms with Gasteiger partial charge in [-0.25, -0.2) is 9.98 Å². The van der Waals surface area contributed by atoms with Crippen LogP contribution in [0.5, 0.6) is 0 Å². The van der Waals surface area contributed by atoms with Gasteiger partial charge in [-0.1, -0.05) is 60.7 Å². The number of aliphatic imine (C=N–C) groups is 2. The van der Waals surface area contributed by atoms with Gasteiger partial charge in [-0.2, -0.15) is 0 Å². The van der Waals surface area contributed by atoms with Gasteiger partial charge in [-0.3, -0.25) is 9.97 Å². The topological polar surface area (TPSA) is 69.0 Å². The maximum Gasteiger partial charge on any atom is 0.236 e. The van der Waals surface area contributed by atoms with E-state index in [1.807, 2.05) is 52.2 Å². The van der Waals surface area contributed by atoms with E-state index >= 15 is 0 Å². The van der Waals surface area contributed by atoms with Crippen LogP contribution in [0.25, 0.3) is 43.8 Å². The molecule has 7 rings (SSSR count). The van der Waals surface area contributed by atoms with Gasteiger partial charge in [-0.05, 0) is 72.5 Å². The Morgan fingerprint density at radius 2 is 0.900 bits per heavy atom. The van der Waals surface area contributed by atoms with Crippen molar-refractivity contribution in [1.29, 1.82) is 0 Å². The third kappa shape index (κ3) is 4.20. The van der Waals surface area contributed by atoms with E-state index in [2.05, 4.69) is 70.6 Å². The molecule has 2 aliphatic heterocycles. The molecule has 0 saturated heterocycles. The smallest absolute Gasteiger partial charge is 0.236 e. The Hall–Kier alpha value is -4.58. The first kappa shape index (κ1) is 24.5. The van der Waals surface area contributed by atoms with Crippen LogP contribution in [0, 0.1) is 0 Å². The SMILES string of the molecule is CC1(C)CN=C(c2ccc(-c3c4ccccc4c(-c4ccc(C5=NCC(C)(C)O5)nc4)c4ccccc34)cn2)O1. The molecule has 0 radical (unpaired) electrons. The molecule has 0 N–H and O–H groups in total. The van der Waals surface area contributed by atoms with Gasteiger partial charge in [0, 0.05) is 23.5 Å². The number of fused-ring (bicyclic) bond motifs is 2. The number of pyridine rings is 2. The van der Waals surface area contributed by atoms with E-state index in [-0.39, 0.29) is 11.2 Å². The summed E-state index contributed by atoms with van der Waals surface area (Å²) in [5.74, 6) is 1.21. The predicted octanol–water partition coefficient (Wildman–Crippen LogP) is 7.23. The van der Waals surface area contributed by atoms with Crippen LogP contribution in [0.4, 0.5) is 0 Å². The van der Waals surface area contributed by atoms with Crippen LogP contribution in [0.15, 0.2) is 95.2 Å². The molecule has 2 aliphatic rings. The number of hydrogen-bond acceptors (Lipinski definition) is 6. The quantitative estimate of drug-likeness (QED) is 0.232. The Balaban J connectivity index is 1.35. The van der Waals surface area contributed by atoms with Crippen LogP contribution in [-0.4, -0.2) is 46.1 Å². The van der Waals surface area contributed by atoms with Gasteiger partial charge in [-0.15, -0.1) is 0 Å². The van der Waals surface area contributed by atoms with E-state index in [0.717, 1.165) is 55.2 Å². The van der Waals surface area contributed by atoms with Gasteiger partial charge in [0.05, 0.1) is 13.1 Å². The fourth-order valence-electron chi connectivity index (χ4n) is 5.53. The lowest BCUT2D eigenvalue weighted by atomic mass is 9.86. The molecule has 0 spiro atoms. The van der Waals surface area contributed by atoms with Gasteiger partial charge in [0.15, 0.2) is 0 Å². The zero-order valence-corrected chi connectivity index (χ0v) is 23.1. The van der Waals surface area contributed by atoms with Crippen molar-refractivity contribution in [2.45, 2.75) is 38.9 Å². The number of rotatable bonds is 4. The summed E-state index contributed by atoms with van der Waals surface area (Å²) in [6.45, 7) is 9.43. The molecule has 4 heterocycles. The molecule has 2 aromatic heterocycles. The molecule has 5 aromatic rings. The number of hydrogen-bond donors (Lipinski definition) is 0. The first-order valence-corrected chi connectivity index (χ1v) is 13.6. The average molecular weight is 527 g/mol. The minimum absolute atomic E-state index is 0.293. The minimum Gasteiger partial charge on any atom is -0.468 e. The number of ether oxygens (including phenoxy) is 2. The van der Waals surface area contributed by atoms with E-state index in [9.17, 15) is 0 Å².